The van der Waals surface area contributed by atoms with E-state index in [1.807, 2.05) is 42.5 Å². The van der Waals surface area contributed by atoms with Gasteiger partial charge in [-0.15, -0.1) is 0 Å². The average Bonchev–Trinajstić information content (AvgIpc) is 3.16. The van der Waals surface area contributed by atoms with Crippen LogP contribution in [0.3, 0.4) is 0 Å². The molecule has 1 aromatic heterocycles. The number of aromatic nitrogens is 1. The van der Waals surface area contributed by atoms with Crippen molar-refractivity contribution in [3.05, 3.63) is 66.0 Å². The van der Waals surface area contributed by atoms with Gasteiger partial charge in [0.15, 0.2) is 0 Å². The molecule has 3 rings (SSSR count). The van der Waals surface area contributed by atoms with Crippen molar-refractivity contribution in [3.63, 3.8) is 0 Å². The van der Waals surface area contributed by atoms with Gasteiger partial charge in [-0.25, -0.2) is 0 Å². The van der Waals surface area contributed by atoms with Gasteiger partial charge in [0, 0.05) is 44.6 Å². The number of hydrogen-bond acceptors (Lipinski definition) is 4. The summed E-state index contributed by atoms with van der Waals surface area (Å²) in [5.41, 5.74) is 2.65. The molecule has 0 unspecified atom stereocenters. The Morgan fingerprint density at radius 3 is 2.71 bits per heavy atom. The Kier molecular flexibility index (Phi) is 6.92. The molecule has 2 amide bonds. The van der Waals surface area contributed by atoms with Gasteiger partial charge in [-0.05, 0) is 42.3 Å². The van der Waals surface area contributed by atoms with E-state index in [4.69, 9.17) is 4.74 Å². The molecule has 6 nitrogen and oxygen atoms in total. The predicted molar refractivity (Wildman–Crippen MR) is 109 cm³/mol. The topological polar surface area (TPSA) is 62.7 Å². The van der Waals surface area contributed by atoms with Crippen LogP contribution >= 0.6 is 0 Å². The standard InChI is InChI=1S/C22H25N3O3/c1-28-16-15-24(17-19-5-2-3-13-23-19)21(26)12-9-18-7-10-20(11-8-18)25-14-4-6-22(25)27/h2-3,5,7-13H,4,6,14-17H2,1H3. The first-order valence-corrected chi connectivity index (χ1v) is 9.43. The fourth-order valence-corrected chi connectivity index (χ4v) is 3.12. The zero-order chi connectivity index (χ0) is 19.8. The summed E-state index contributed by atoms with van der Waals surface area (Å²) in [6, 6.07) is 13.3. The summed E-state index contributed by atoms with van der Waals surface area (Å²) in [4.78, 5) is 32.3. The fourth-order valence-electron chi connectivity index (χ4n) is 3.12. The van der Waals surface area contributed by atoms with E-state index in [9.17, 15) is 9.59 Å². The Morgan fingerprint density at radius 1 is 1.25 bits per heavy atom. The van der Waals surface area contributed by atoms with Gasteiger partial charge in [0.05, 0.1) is 18.8 Å². The van der Waals surface area contributed by atoms with Crippen LogP contribution in [0.4, 0.5) is 5.69 Å². The summed E-state index contributed by atoms with van der Waals surface area (Å²) in [6.45, 7) is 2.16. The molecule has 2 heterocycles. The molecule has 1 fully saturated rings. The minimum absolute atomic E-state index is 0.0958. The van der Waals surface area contributed by atoms with Crippen LogP contribution in [0, 0.1) is 0 Å². The number of hydrogen-bond donors (Lipinski definition) is 0. The van der Waals surface area contributed by atoms with Gasteiger partial charge in [-0.3, -0.25) is 14.6 Å². The van der Waals surface area contributed by atoms with Crippen LogP contribution in [0.25, 0.3) is 6.08 Å². The number of nitrogens with zero attached hydrogens (tertiary/aromatic N) is 3. The lowest BCUT2D eigenvalue weighted by atomic mass is 10.2. The van der Waals surface area contributed by atoms with E-state index in [0.29, 0.717) is 26.1 Å². The molecule has 146 valence electrons. The lowest BCUT2D eigenvalue weighted by molar-refractivity contribution is -0.127. The molecule has 0 radical (unpaired) electrons. The predicted octanol–water partition coefficient (Wildman–Crippen LogP) is 2.90. The molecule has 0 aliphatic carbocycles. The fraction of sp³-hybridized carbons (Fsp3) is 0.318. The summed E-state index contributed by atoms with van der Waals surface area (Å²) in [6.07, 6.45) is 6.59. The van der Waals surface area contributed by atoms with Gasteiger partial charge in [0.2, 0.25) is 11.8 Å². The van der Waals surface area contributed by atoms with Crippen LogP contribution < -0.4 is 4.90 Å². The number of benzene rings is 1. The van der Waals surface area contributed by atoms with Gasteiger partial charge in [-0.1, -0.05) is 18.2 Å². The molecule has 0 spiro atoms. The number of ether oxygens (including phenoxy) is 1. The summed E-state index contributed by atoms with van der Waals surface area (Å²) < 4.78 is 5.12. The first-order valence-electron chi connectivity index (χ1n) is 9.43. The van der Waals surface area contributed by atoms with Gasteiger partial charge >= 0.3 is 0 Å². The second-order valence-corrected chi connectivity index (χ2v) is 6.65. The third-order valence-electron chi connectivity index (χ3n) is 4.65. The van der Waals surface area contributed by atoms with Gasteiger partial charge in [0.1, 0.15) is 0 Å². The second-order valence-electron chi connectivity index (χ2n) is 6.65. The highest BCUT2D eigenvalue weighted by molar-refractivity contribution is 5.95. The zero-order valence-corrected chi connectivity index (χ0v) is 16.1. The first kappa shape index (κ1) is 19.8. The molecular weight excluding hydrogens is 354 g/mol. The number of rotatable bonds is 8. The molecule has 2 aromatic rings. The van der Waals surface area contributed by atoms with Crippen molar-refractivity contribution in [1.29, 1.82) is 0 Å². The van der Waals surface area contributed by atoms with Crippen LogP contribution in [-0.2, 0) is 20.9 Å². The monoisotopic (exact) mass is 379 g/mol. The number of anilines is 1. The molecule has 0 saturated carbocycles. The van der Waals surface area contributed by atoms with Crippen LogP contribution in [0.15, 0.2) is 54.7 Å². The highest BCUT2D eigenvalue weighted by atomic mass is 16.5. The maximum Gasteiger partial charge on any atom is 0.247 e. The molecule has 1 aromatic carbocycles. The van der Waals surface area contributed by atoms with E-state index in [0.717, 1.165) is 29.9 Å². The summed E-state index contributed by atoms with van der Waals surface area (Å²) in [5.74, 6) is 0.0725. The smallest absolute Gasteiger partial charge is 0.247 e. The van der Waals surface area contributed by atoms with Crippen molar-refractivity contribution in [3.8, 4) is 0 Å². The molecule has 0 atom stereocenters. The van der Waals surface area contributed by atoms with Crippen molar-refractivity contribution < 1.29 is 14.3 Å². The van der Waals surface area contributed by atoms with Crippen molar-refractivity contribution in [1.82, 2.24) is 9.88 Å². The SMILES string of the molecule is COCCN(Cc1ccccn1)C(=O)C=Cc1ccc(N2CCCC2=O)cc1. The molecule has 0 bridgehead atoms. The van der Waals surface area contributed by atoms with Crippen LogP contribution in [-0.4, -0.2) is 48.5 Å². The van der Waals surface area contributed by atoms with Crippen molar-refractivity contribution in [2.24, 2.45) is 0 Å². The lowest BCUT2D eigenvalue weighted by Crippen LogP contribution is -2.32. The van der Waals surface area contributed by atoms with E-state index in [1.54, 1.807) is 35.3 Å². The number of amides is 2. The molecule has 1 saturated heterocycles. The Balaban J connectivity index is 1.64. The van der Waals surface area contributed by atoms with Gasteiger partial charge in [-0.2, -0.15) is 0 Å². The maximum absolute atomic E-state index is 12.6. The minimum Gasteiger partial charge on any atom is -0.383 e. The maximum atomic E-state index is 12.6. The van der Waals surface area contributed by atoms with E-state index in [2.05, 4.69) is 4.98 Å². The molecule has 28 heavy (non-hydrogen) atoms. The first-order chi connectivity index (χ1) is 13.7. The third kappa shape index (κ3) is 5.27. The normalized spacial score (nSPS) is 14.0. The number of methoxy groups -OCH3 is 1. The zero-order valence-electron chi connectivity index (χ0n) is 16.1. The number of carbonyl (C=O) groups excluding carboxylic acids is 2. The van der Waals surface area contributed by atoms with Crippen molar-refractivity contribution >= 4 is 23.6 Å². The number of carbonyl (C=O) groups is 2. The highest BCUT2D eigenvalue weighted by Gasteiger charge is 2.21. The van der Waals surface area contributed by atoms with Crippen LogP contribution in [0.1, 0.15) is 24.1 Å². The molecular formula is C22H25N3O3. The Labute approximate surface area is 165 Å². The van der Waals surface area contributed by atoms with Gasteiger partial charge < -0.3 is 14.5 Å². The van der Waals surface area contributed by atoms with E-state index in [1.165, 1.54) is 0 Å². The summed E-state index contributed by atoms with van der Waals surface area (Å²) >= 11 is 0. The van der Waals surface area contributed by atoms with E-state index in [-0.39, 0.29) is 11.8 Å². The molecule has 1 aliphatic rings. The minimum atomic E-state index is -0.0958. The van der Waals surface area contributed by atoms with Crippen LogP contribution in [0.5, 0.6) is 0 Å². The molecule has 0 N–H and O–H groups in total. The third-order valence-corrected chi connectivity index (χ3v) is 4.65. The Hall–Kier alpha value is -2.99. The molecule has 6 heteroatoms. The van der Waals surface area contributed by atoms with Crippen LogP contribution in [0.2, 0.25) is 0 Å². The lowest BCUT2D eigenvalue weighted by Gasteiger charge is -2.20. The quantitative estimate of drug-likeness (QED) is 0.662. The van der Waals surface area contributed by atoms with Crippen molar-refractivity contribution in [2.45, 2.75) is 19.4 Å². The largest absolute Gasteiger partial charge is 0.383 e. The van der Waals surface area contributed by atoms with Gasteiger partial charge in [0.25, 0.3) is 0 Å². The highest BCUT2D eigenvalue weighted by Crippen LogP contribution is 2.22. The second kappa shape index (κ2) is 9.80. The van der Waals surface area contributed by atoms with E-state index >= 15 is 0 Å². The Morgan fingerprint density at radius 2 is 2.07 bits per heavy atom. The number of pyridine rings is 1. The average molecular weight is 379 g/mol. The van der Waals surface area contributed by atoms with E-state index < -0.39 is 0 Å². The summed E-state index contributed by atoms with van der Waals surface area (Å²) in [5, 5.41) is 0. The Bertz CT molecular complexity index is 819. The molecule has 1 aliphatic heterocycles. The summed E-state index contributed by atoms with van der Waals surface area (Å²) in [7, 11) is 1.62. The van der Waals surface area contributed by atoms with Crippen molar-refractivity contribution in [2.75, 3.05) is 31.7 Å².